The van der Waals surface area contributed by atoms with Crippen molar-refractivity contribution in [1.82, 2.24) is 15.2 Å². The van der Waals surface area contributed by atoms with Crippen molar-refractivity contribution in [2.45, 2.75) is 39.5 Å². The minimum absolute atomic E-state index is 0. The lowest BCUT2D eigenvalue weighted by Crippen LogP contribution is -2.40. The Hall–Kier alpha value is -0.370. The summed E-state index contributed by atoms with van der Waals surface area (Å²) in [5.41, 5.74) is 0. The maximum Gasteiger partial charge on any atom is 0.193 e. The highest BCUT2D eigenvalue weighted by Gasteiger charge is 2.05. The Morgan fingerprint density at radius 1 is 1.45 bits per heavy atom. The molecule has 0 saturated heterocycles. The molecule has 20 heavy (non-hydrogen) atoms. The van der Waals surface area contributed by atoms with Gasteiger partial charge in [-0.15, -0.1) is 35.3 Å². The number of halogens is 1. The SMILES string of the molecule is CCCCN(C)C(=NC)NCCc1ncc(CC)s1.I. The topological polar surface area (TPSA) is 40.5 Å². The molecule has 4 nitrogen and oxygen atoms in total. The molecule has 1 N–H and O–H groups in total. The summed E-state index contributed by atoms with van der Waals surface area (Å²) in [6.45, 7) is 6.31. The summed E-state index contributed by atoms with van der Waals surface area (Å²) in [5.74, 6) is 0.973. The van der Waals surface area contributed by atoms with Crippen LogP contribution in [0.25, 0.3) is 0 Å². The van der Waals surface area contributed by atoms with Crippen LogP contribution in [-0.4, -0.2) is 43.0 Å². The number of hydrogen-bond acceptors (Lipinski definition) is 3. The van der Waals surface area contributed by atoms with Gasteiger partial charge in [-0.2, -0.15) is 0 Å². The van der Waals surface area contributed by atoms with Crippen LogP contribution in [0.4, 0.5) is 0 Å². The van der Waals surface area contributed by atoms with E-state index in [2.05, 4.69) is 41.1 Å². The Balaban J connectivity index is 0.00000361. The number of aromatic nitrogens is 1. The van der Waals surface area contributed by atoms with Crippen molar-refractivity contribution in [3.8, 4) is 0 Å². The average molecular weight is 410 g/mol. The molecule has 0 saturated carbocycles. The number of aryl methyl sites for hydroxylation is 1. The van der Waals surface area contributed by atoms with Crippen molar-refractivity contribution in [3.05, 3.63) is 16.1 Å². The fourth-order valence-corrected chi connectivity index (χ4v) is 2.66. The lowest BCUT2D eigenvalue weighted by atomic mass is 10.3. The number of hydrogen-bond donors (Lipinski definition) is 1. The van der Waals surface area contributed by atoms with Gasteiger partial charge < -0.3 is 10.2 Å². The molecule has 0 fully saturated rings. The van der Waals surface area contributed by atoms with Crippen molar-refractivity contribution >= 4 is 41.3 Å². The standard InChI is InChI=1S/C14H26N4S.HI/c1-5-7-10-18(4)14(15-3)16-9-8-13-17-11-12(6-2)19-13;/h11H,5-10H2,1-4H3,(H,15,16);1H. The van der Waals surface area contributed by atoms with E-state index >= 15 is 0 Å². The first-order chi connectivity index (χ1) is 9.21. The van der Waals surface area contributed by atoms with Crippen LogP contribution in [0.15, 0.2) is 11.2 Å². The summed E-state index contributed by atoms with van der Waals surface area (Å²) in [7, 11) is 3.92. The summed E-state index contributed by atoms with van der Waals surface area (Å²) >= 11 is 1.81. The predicted octanol–water partition coefficient (Wildman–Crippen LogP) is 3.17. The van der Waals surface area contributed by atoms with Crippen molar-refractivity contribution in [2.24, 2.45) is 4.99 Å². The van der Waals surface area contributed by atoms with Gasteiger partial charge in [-0.1, -0.05) is 20.3 Å². The van der Waals surface area contributed by atoms with Crippen LogP contribution in [0.3, 0.4) is 0 Å². The van der Waals surface area contributed by atoms with Gasteiger partial charge >= 0.3 is 0 Å². The second-order valence-electron chi connectivity index (χ2n) is 4.57. The molecule has 1 aromatic heterocycles. The highest BCUT2D eigenvalue weighted by Crippen LogP contribution is 2.13. The molecule has 0 aliphatic carbocycles. The second kappa shape index (κ2) is 11.3. The van der Waals surface area contributed by atoms with Gasteiger partial charge in [0.2, 0.25) is 0 Å². The number of guanidine groups is 1. The number of aliphatic imine (C=N–C) groups is 1. The Labute approximate surface area is 144 Å². The van der Waals surface area contributed by atoms with Crippen LogP contribution < -0.4 is 5.32 Å². The molecule has 0 spiro atoms. The van der Waals surface area contributed by atoms with Crippen molar-refractivity contribution in [3.63, 3.8) is 0 Å². The van der Waals surface area contributed by atoms with Gasteiger partial charge in [-0.25, -0.2) is 4.98 Å². The van der Waals surface area contributed by atoms with E-state index in [1.807, 2.05) is 24.6 Å². The lowest BCUT2D eigenvalue weighted by Gasteiger charge is -2.21. The molecule has 0 amide bonds. The van der Waals surface area contributed by atoms with Gasteiger partial charge in [-0.05, 0) is 12.8 Å². The number of thiazole rings is 1. The molecule has 0 radical (unpaired) electrons. The number of unbranched alkanes of at least 4 members (excludes halogenated alkanes) is 1. The number of rotatable bonds is 7. The smallest absolute Gasteiger partial charge is 0.193 e. The fraction of sp³-hybridized carbons (Fsp3) is 0.714. The van der Waals surface area contributed by atoms with Crippen molar-refractivity contribution < 1.29 is 0 Å². The fourth-order valence-electron chi connectivity index (χ4n) is 1.79. The third-order valence-electron chi connectivity index (χ3n) is 2.99. The third kappa shape index (κ3) is 6.88. The van der Waals surface area contributed by atoms with E-state index in [4.69, 9.17) is 0 Å². The molecular formula is C14H27IN4S. The summed E-state index contributed by atoms with van der Waals surface area (Å²) in [6, 6.07) is 0. The van der Waals surface area contributed by atoms with E-state index in [9.17, 15) is 0 Å². The number of nitrogens with zero attached hydrogens (tertiary/aromatic N) is 3. The first-order valence-electron chi connectivity index (χ1n) is 7.06. The van der Waals surface area contributed by atoms with E-state index in [-0.39, 0.29) is 24.0 Å². The zero-order valence-electron chi connectivity index (χ0n) is 13.0. The van der Waals surface area contributed by atoms with Crippen LogP contribution in [0, 0.1) is 0 Å². The maximum atomic E-state index is 4.43. The van der Waals surface area contributed by atoms with Gasteiger partial charge in [0, 0.05) is 44.7 Å². The van der Waals surface area contributed by atoms with Crippen LogP contribution in [-0.2, 0) is 12.8 Å². The van der Waals surface area contributed by atoms with Crippen LogP contribution in [0.2, 0.25) is 0 Å². The Morgan fingerprint density at radius 2 is 2.20 bits per heavy atom. The summed E-state index contributed by atoms with van der Waals surface area (Å²) in [6.07, 6.45) is 6.43. The molecule has 0 aliphatic heterocycles. The summed E-state index contributed by atoms with van der Waals surface area (Å²) in [4.78, 5) is 12.3. The maximum absolute atomic E-state index is 4.43. The Kier molecular flexibility index (Phi) is 11.1. The van der Waals surface area contributed by atoms with Gasteiger partial charge in [-0.3, -0.25) is 4.99 Å². The molecular weight excluding hydrogens is 383 g/mol. The molecule has 0 unspecified atom stereocenters. The minimum atomic E-state index is 0. The molecule has 0 atom stereocenters. The average Bonchev–Trinajstić information content (AvgIpc) is 2.89. The number of nitrogens with one attached hydrogen (secondary N) is 1. The summed E-state index contributed by atoms with van der Waals surface area (Å²) < 4.78 is 0. The van der Waals surface area contributed by atoms with Crippen molar-refractivity contribution in [2.75, 3.05) is 27.2 Å². The van der Waals surface area contributed by atoms with Crippen LogP contribution >= 0.6 is 35.3 Å². The highest BCUT2D eigenvalue weighted by molar-refractivity contribution is 14.0. The normalized spacial score (nSPS) is 11.1. The first-order valence-corrected chi connectivity index (χ1v) is 7.88. The van der Waals surface area contributed by atoms with Gasteiger partial charge in [0.05, 0.1) is 5.01 Å². The van der Waals surface area contributed by atoms with E-state index in [0.29, 0.717) is 0 Å². The Bertz CT molecular complexity index is 392. The molecule has 0 bridgehead atoms. The zero-order valence-corrected chi connectivity index (χ0v) is 16.1. The minimum Gasteiger partial charge on any atom is -0.356 e. The molecule has 116 valence electrons. The Morgan fingerprint density at radius 3 is 2.75 bits per heavy atom. The highest BCUT2D eigenvalue weighted by atomic mass is 127. The monoisotopic (exact) mass is 410 g/mol. The van der Waals surface area contributed by atoms with Crippen molar-refractivity contribution in [1.29, 1.82) is 0 Å². The molecule has 1 rings (SSSR count). The predicted molar refractivity (Wildman–Crippen MR) is 99.5 cm³/mol. The largest absolute Gasteiger partial charge is 0.356 e. The third-order valence-corrected chi connectivity index (χ3v) is 4.19. The van der Waals surface area contributed by atoms with Gasteiger partial charge in [0.15, 0.2) is 5.96 Å². The quantitative estimate of drug-likeness (QED) is 0.427. The van der Waals surface area contributed by atoms with E-state index in [1.54, 1.807) is 0 Å². The van der Waals surface area contributed by atoms with Crippen LogP contribution in [0.5, 0.6) is 0 Å². The van der Waals surface area contributed by atoms with Gasteiger partial charge in [0.25, 0.3) is 0 Å². The molecule has 0 aliphatic rings. The van der Waals surface area contributed by atoms with E-state index in [1.165, 1.54) is 22.7 Å². The van der Waals surface area contributed by atoms with E-state index in [0.717, 1.165) is 31.9 Å². The first kappa shape index (κ1) is 19.6. The lowest BCUT2D eigenvalue weighted by molar-refractivity contribution is 0.465. The zero-order chi connectivity index (χ0) is 14.1. The molecule has 6 heteroatoms. The second-order valence-corrected chi connectivity index (χ2v) is 5.77. The molecule has 0 aromatic carbocycles. The van der Waals surface area contributed by atoms with Gasteiger partial charge in [0.1, 0.15) is 0 Å². The summed E-state index contributed by atoms with van der Waals surface area (Å²) in [5, 5.41) is 4.60. The molecule has 1 heterocycles. The molecule has 1 aromatic rings. The van der Waals surface area contributed by atoms with E-state index < -0.39 is 0 Å². The van der Waals surface area contributed by atoms with Crippen LogP contribution in [0.1, 0.15) is 36.6 Å².